The Morgan fingerprint density at radius 2 is 1.16 bits per heavy atom. The van der Waals surface area contributed by atoms with Crippen LogP contribution in [0.5, 0.6) is 0 Å². The van der Waals surface area contributed by atoms with E-state index in [0.29, 0.717) is 11.5 Å². The number of carboxylic acids is 2. The van der Waals surface area contributed by atoms with Crippen LogP contribution in [0.15, 0.2) is 44.6 Å². The molecular formula is C26H26N10O10S4. The minimum absolute atomic E-state index is 0.0719. The first-order valence-electron chi connectivity index (χ1n) is 13.9. The molecule has 0 aromatic carbocycles. The molecule has 0 spiro atoms. The second-order valence-electron chi connectivity index (χ2n) is 9.94. The highest BCUT2D eigenvalue weighted by molar-refractivity contribution is 8.00. The minimum atomic E-state index is -1.18. The zero-order valence-electron chi connectivity index (χ0n) is 25.7. The van der Waals surface area contributed by atoms with E-state index in [0.717, 1.165) is 32.5 Å². The van der Waals surface area contributed by atoms with Crippen molar-refractivity contribution in [1.29, 1.82) is 0 Å². The van der Waals surface area contributed by atoms with E-state index < -0.39 is 58.4 Å². The summed E-state index contributed by atoms with van der Waals surface area (Å²) in [6.07, 6.45) is 2.94. The number of rotatable bonds is 10. The van der Waals surface area contributed by atoms with E-state index in [-0.39, 0.29) is 44.5 Å². The third-order valence-corrected chi connectivity index (χ3v) is 10.7. The third kappa shape index (κ3) is 7.08. The third-order valence-electron chi connectivity index (χ3n) is 7.03. The van der Waals surface area contributed by atoms with Gasteiger partial charge >= 0.3 is 11.9 Å². The number of anilines is 2. The lowest BCUT2D eigenvalue weighted by Crippen LogP contribution is -2.70. The van der Waals surface area contributed by atoms with Crippen LogP contribution in [0.1, 0.15) is 11.4 Å². The number of thiazole rings is 2. The molecule has 0 aliphatic carbocycles. The second-order valence-corrected chi connectivity index (χ2v) is 14.0. The number of nitrogens with zero attached hydrogens (tertiary/aromatic N) is 6. The van der Waals surface area contributed by atoms with Gasteiger partial charge in [0.05, 0.1) is 0 Å². The van der Waals surface area contributed by atoms with Crippen molar-refractivity contribution >= 4 is 103 Å². The summed E-state index contributed by atoms with van der Waals surface area (Å²) in [4.78, 5) is 91.4. The summed E-state index contributed by atoms with van der Waals surface area (Å²) in [5, 5.41) is 33.4. The molecule has 0 bridgehead atoms. The predicted molar refractivity (Wildman–Crippen MR) is 182 cm³/mol. The number of amides is 4. The van der Waals surface area contributed by atoms with Gasteiger partial charge in [-0.15, -0.1) is 46.2 Å². The van der Waals surface area contributed by atoms with Crippen LogP contribution >= 0.6 is 46.2 Å². The molecule has 4 amide bonds. The average Bonchev–Trinajstić information content (AvgIpc) is 3.73. The number of thioether (sulfide) groups is 2. The summed E-state index contributed by atoms with van der Waals surface area (Å²) in [5.74, 6) is -3.78. The molecule has 24 heteroatoms. The maximum absolute atomic E-state index is 12.5. The van der Waals surface area contributed by atoms with Crippen LogP contribution in [0.4, 0.5) is 10.3 Å². The largest absolute Gasteiger partial charge is 0.477 e. The van der Waals surface area contributed by atoms with E-state index in [2.05, 4.69) is 40.6 Å². The molecule has 50 heavy (non-hydrogen) atoms. The van der Waals surface area contributed by atoms with Crippen LogP contribution in [0, 0.1) is 0 Å². The molecule has 0 radical (unpaired) electrons. The number of β-lactam (4-membered cyclic amide) rings is 2. The monoisotopic (exact) mass is 766 g/mol. The van der Waals surface area contributed by atoms with E-state index in [1.54, 1.807) is 10.8 Å². The van der Waals surface area contributed by atoms with Crippen LogP contribution in [-0.4, -0.2) is 126 Å². The number of nitrogen functional groups attached to an aromatic ring is 2. The van der Waals surface area contributed by atoms with E-state index >= 15 is 0 Å². The van der Waals surface area contributed by atoms with Gasteiger partial charge in [-0.2, -0.15) is 0 Å². The van der Waals surface area contributed by atoms with Gasteiger partial charge < -0.3 is 42.0 Å². The molecule has 20 nitrogen and oxygen atoms in total. The highest BCUT2D eigenvalue weighted by atomic mass is 32.2. The van der Waals surface area contributed by atoms with Crippen molar-refractivity contribution < 1.29 is 48.7 Å². The van der Waals surface area contributed by atoms with Crippen molar-refractivity contribution in [3.8, 4) is 0 Å². The number of carbonyl (C=O) groups excluding carboxylic acids is 4. The van der Waals surface area contributed by atoms with Gasteiger partial charge in [-0.3, -0.25) is 29.0 Å². The normalized spacial score (nSPS) is 22.6. The summed E-state index contributed by atoms with van der Waals surface area (Å²) >= 11 is 4.99. The summed E-state index contributed by atoms with van der Waals surface area (Å²) in [5.41, 5.74) is 11.2. The number of carbonyl (C=O) groups is 6. The van der Waals surface area contributed by atoms with Crippen LogP contribution in [0.3, 0.4) is 0 Å². The van der Waals surface area contributed by atoms with Gasteiger partial charge in [-0.05, 0) is 12.2 Å². The quantitative estimate of drug-likeness (QED) is 0.0949. The van der Waals surface area contributed by atoms with Gasteiger partial charge in [0, 0.05) is 22.3 Å². The summed E-state index contributed by atoms with van der Waals surface area (Å²) < 4.78 is 0. The zero-order valence-corrected chi connectivity index (χ0v) is 28.9. The molecule has 6 rings (SSSR count). The van der Waals surface area contributed by atoms with Gasteiger partial charge in [0.1, 0.15) is 59.8 Å². The van der Waals surface area contributed by atoms with Crippen LogP contribution in [0.25, 0.3) is 0 Å². The molecule has 2 fully saturated rings. The maximum atomic E-state index is 12.5. The first-order chi connectivity index (χ1) is 23.9. The lowest BCUT2D eigenvalue weighted by atomic mass is 10.0. The molecule has 0 saturated carbocycles. The van der Waals surface area contributed by atoms with E-state index in [9.17, 15) is 28.8 Å². The molecule has 2 aromatic heterocycles. The van der Waals surface area contributed by atoms with Gasteiger partial charge in [0.25, 0.3) is 23.6 Å². The molecule has 4 aliphatic rings. The fraction of sp³-hybridized carbons (Fsp3) is 0.308. The van der Waals surface area contributed by atoms with Gasteiger partial charge in [0.15, 0.2) is 21.7 Å². The Kier molecular flexibility index (Phi) is 10.9. The van der Waals surface area contributed by atoms with Gasteiger partial charge in [-0.1, -0.05) is 10.3 Å². The minimum Gasteiger partial charge on any atom is -0.477 e. The van der Waals surface area contributed by atoms with E-state index in [1.807, 2.05) is 0 Å². The average molecular weight is 767 g/mol. The molecule has 264 valence electrons. The predicted octanol–water partition coefficient (Wildman–Crippen LogP) is -1.11. The van der Waals surface area contributed by atoms with Crippen molar-refractivity contribution in [3.63, 3.8) is 0 Å². The van der Waals surface area contributed by atoms with Crippen molar-refractivity contribution in [2.75, 3.05) is 37.2 Å². The Balaban J connectivity index is 0.000000194. The van der Waals surface area contributed by atoms with Crippen molar-refractivity contribution in [2.24, 2.45) is 10.3 Å². The molecule has 6 heterocycles. The number of aliphatic carboxylic acids is 2. The Morgan fingerprint density at radius 3 is 1.46 bits per heavy atom. The topological polar surface area (TPSA) is 294 Å². The number of hydrogen-bond acceptors (Lipinski definition) is 18. The molecule has 2 saturated heterocycles. The van der Waals surface area contributed by atoms with Gasteiger partial charge in [-0.25, -0.2) is 19.6 Å². The van der Waals surface area contributed by atoms with Crippen LogP contribution in [0.2, 0.25) is 0 Å². The smallest absolute Gasteiger partial charge is 0.352 e. The van der Waals surface area contributed by atoms with E-state index in [1.165, 1.54) is 49.9 Å². The molecule has 8 N–H and O–H groups in total. The summed E-state index contributed by atoms with van der Waals surface area (Å²) in [6, 6.07) is -1.70. The van der Waals surface area contributed by atoms with Crippen LogP contribution in [-0.2, 0) is 38.4 Å². The van der Waals surface area contributed by atoms with E-state index in [4.69, 9.17) is 21.7 Å². The summed E-state index contributed by atoms with van der Waals surface area (Å²) in [6.45, 7) is 0. The highest BCUT2D eigenvalue weighted by Gasteiger charge is 2.54. The lowest BCUT2D eigenvalue weighted by Gasteiger charge is -2.48. The Labute approximate surface area is 297 Å². The SMILES string of the molecule is CO/N=C(\C(=O)N[C@@H]1C(=O)N2C(C(=O)O)=CCS[C@H]12)c1csc(N)n1.CO/N=C(\C(=O)N[C@@H]1C(=O)N2C(C(=O)O)=CCS[C@H]12)c1csc(N)n1. The number of carboxylic acid groups (broad SMARTS) is 2. The molecule has 4 atom stereocenters. The summed E-state index contributed by atoms with van der Waals surface area (Å²) in [7, 11) is 2.56. The standard InChI is InChI=1S/2C13H13N5O5S2/c2*1-23-17-7(5-4-25-13(14)15-5)9(19)16-8-10(20)18-6(12(21)22)2-3-24-11(8)18/h2*2,4,8,11H,3H2,1H3,(H2,14,15)(H,16,19)(H,21,22)/b2*17-7-/t2*8-,11-/m11/s1. The Hall–Kier alpha value is -5.20. The molecule has 2 aromatic rings. The zero-order chi connectivity index (χ0) is 36.3. The van der Waals surface area contributed by atoms with Crippen molar-refractivity contribution in [3.05, 3.63) is 45.7 Å². The lowest BCUT2D eigenvalue weighted by molar-refractivity contribution is -0.150. The number of nitrogens with one attached hydrogen (secondary N) is 2. The van der Waals surface area contributed by atoms with Gasteiger partial charge in [0.2, 0.25) is 0 Å². The van der Waals surface area contributed by atoms with Crippen molar-refractivity contribution in [1.82, 2.24) is 30.4 Å². The first kappa shape index (κ1) is 36.1. The Morgan fingerprint density at radius 1 is 0.780 bits per heavy atom. The molecule has 0 unspecified atom stereocenters. The Bertz CT molecular complexity index is 1740. The second kappa shape index (κ2) is 15.1. The fourth-order valence-corrected chi connectivity index (χ4v) is 8.36. The fourth-order valence-electron chi connectivity index (χ4n) is 4.88. The maximum Gasteiger partial charge on any atom is 0.352 e. The highest BCUT2D eigenvalue weighted by Crippen LogP contribution is 2.38. The molecule has 4 aliphatic heterocycles. The number of hydrogen-bond donors (Lipinski definition) is 6. The number of oxime groups is 2. The number of fused-ring (bicyclic) bond motifs is 2. The van der Waals surface area contributed by atoms with Crippen molar-refractivity contribution in [2.45, 2.75) is 22.8 Å². The number of nitrogens with two attached hydrogens (primary N) is 2. The van der Waals surface area contributed by atoms with Crippen LogP contribution < -0.4 is 22.1 Å². The molecular weight excluding hydrogens is 741 g/mol. The number of aromatic nitrogens is 2. The first-order valence-corrected chi connectivity index (χ1v) is 17.8.